The Labute approximate surface area is 135 Å². The van der Waals surface area contributed by atoms with Gasteiger partial charge in [-0.1, -0.05) is 25.8 Å². The van der Waals surface area contributed by atoms with Gasteiger partial charge in [-0.15, -0.1) is 0 Å². The topological polar surface area (TPSA) is 44.8 Å². The number of esters is 1. The van der Waals surface area contributed by atoms with Gasteiger partial charge in [-0.05, 0) is 47.0 Å². The number of allylic oxidation sites excluding steroid dienone is 1. The predicted molar refractivity (Wildman–Crippen MR) is 89.7 cm³/mol. The molecular formula is C17H31BO4. The highest BCUT2D eigenvalue weighted by molar-refractivity contribution is 6.47. The van der Waals surface area contributed by atoms with E-state index in [2.05, 4.69) is 13.8 Å². The maximum absolute atomic E-state index is 12.2. The van der Waals surface area contributed by atoms with Gasteiger partial charge in [0.15, 0.2) is 0 Å². The van der Waals surface area contributed by atoms with Gasteiger partial charge in [0.1, 0.15) is 0 Å². The second-order valence-corrected chi connectivity index (χ2v) is 6.92. The normalized spacial score (nSPS) is 20.8. The summed E-state index contributed by atoms with van der Waals surface area (Å²) in [6.07, 6.45) is 4.41. The van der Waals surface area contributed by atoms with E-state index in [1.54, 1.807) is 0 Å². The second kappa shape index (κ2) is 7.65. The monoisotopic (exact) mass is 310 g/mol. The van der Waals surface area contributed by atoms with Gasteiger partial charge in [-0.3, -0.25) is 0 Å². The number of carbonyl (C=O) groups is 1. The summed E-state index contributed by atoms with van der Waals surface area (Å²) in [5, 5.41) is 0. The van der Waals surface area contributed by atoms with E-state index in [1.165, 1.54) is 7.11 Å². The molecule has 0 unspecified atom stereocenters. The van der Waals surface area contributed by atoms with E-state index in [9.17, 15) is 4.79 Å². The molecule has 22 heavy (non-hydrogen) atoms. The highest BCUT2D eigenvalue weighted by Gasteiger charge is 2.51. The van der Waals surface area contributed by atoms with Crippen molar-refractivity contribution in [2.24, 2.45) is 0 Å². The molecule has 0 aromatic rings. The van der Waals surface area contributed by atoms with Crippen LogP contribution in [0, 0.1) is 0 Å². The minimum absolute atomic E-state index is 0.261. The van der Waals surface area contributed by atoms with Crippen LogP contribution in [0.15, 0.2) is 11.1 Å². The van der Waals surface area contributed by atoms with Crippen LogP contribution in [0.1, 0.15) is 67.2 Å². The van der Waals surface area contributed by atoms with Crippen LogP contribution in [0.4, 0.5) is 0 Å². The lowest BCUT2D eigenvalue weighted by molar-refractivity contribution is -0.136. The maximum atomic E-state index is 12.2. The summed E-state index contributed by atoms with van der Waals surface area (Å²) >= 11 is 0. The Hall–Kier alpha value is -0.805. The number of ether oxygens (including phenoxy) is 1. The van der Waals surface area contributed by atoms with Gasteiger partial charge in [0, 0.05) is 11.9 Å². The minimum atomic E-state index is -0.401. The Morgan fingerprint density at radius 3 is 2.05 bits per heavy atom. The second-order valence-electron chi connectivity index (χ2n) is 6.92. The van der Waals surface area contributed by atoms with Crippen molar-refractivity contribution in [1.29, 1.82) is 0 Å². The molecule has 0 spiro atoms. The first-order valence-electron chi connectivity index (χ1n) is 8.33. The Bertz CT molecular complexity index is 410. The number of carbonyl (C=O) groups excluding carboxylic acids is 1. The summed E-state index contributed by atoms with van der Waals surface area (Å²) in [6, 6.07) is 0. The van der Waals surface area contributed by atoms with Crippen LogP contribution < -0.4 is 0 Å². The first-order valence-corrected chi connectivity index (χ1v) is 8.33. The molecule has 1 saturated heterocycles. The lowest BCUT2D eigenvalue weighted by atomic mass is 9.78. The highest BCUT2D eigenvalue weighted by atomic mass is 16.7. The van der Waals surface area contributed by atoms with Gasteiger partial charge in [0.25, 0.3) is 0 Å². The lowest BCUT2D eigenvalue weighted by Crippen LogP contribution is -2.41. The first kappa shape index (κ1) is 19.2. The molecule has 1 aliphatic rings. The zero-order valence-electron chi connectivity index (χ0n) is 15.2. The van der Waals surface area contributed by atoms with Gasteiger partial charge < -0.3 is 14.0 Å². The van der Waals surface area contributed by atoms with E-state index >= 15 is 0 Å². The van der Waals surface area contributed by atoms with Crippen LogP contribution in [0.2, 0.25) is 6.32 Å². The van der Waals surface area contributed by atoms with Gasteiger partial charge in [0.05, 0.1) is 18.3 Å². The van der Waals surface area contributed by atoms with E-state index in [4.69, 9.17) is 14.0 Å². The number of unbranched alkanes of at least 4 members (excludes halogenated alkanes) is 1. The molecule has 5 heteroatoms. The molecule has 0 aromatic carbocycles. The van der Waals surface area contributed by atoms with Gasteiger partial charge in [0.2, 0.25) is 0 Å². The summed E-state index contributed by atoms with van der Waals surface area (Å²) in [5.41, 5.74) is 1.11. The molecule has 0 N–H and O–H groups in total. The van der Waals surface area contributed by atoms with Gasteiger partial charge in [-0.25, -0.2) is 4.79 Å². The zero-order chi connectivity index (χ0) is 17.0. The molecule has 1 rings (SSSR count). The number of hydrogen-bond acceptors (Lipinski definition) is 4. The molecule has 0 amide bonds. The smallest absolute Gasteiger partial charge is 0.462 e. The highest BCUT2D eigenvalue weighted by Crippen LogP contribution is 2.39. The van der Waals surface area contributed by atoms with Crippen LogP contribution >= 0.6 is 0 Å². The van der Waals surface area contributed by atoms with Crippen LogP contribution in [-0.4, -0.2) is 31.4 Å². The Balaban J connectivity index is 2.96. The molecule has 0 bridgehead atoms. The van der Waals surface area contributed by atoms with Gasteiger partial charge >= 0.3 is 13.1 Å². The van der Waals surface area contributed by atoms with Gasteiger partial charge in [-0.2, -0.15) is 0 Å². The Morgan fingerprint density at radius 1 is 1.09 bits per heavy atom. The zero-order valence-corrected chi connectivity index (χ0v) is 15.2. The molecular weight excluding hydrogens is 279 g/mol. The molecule has 0 radical (unpaired) electrons. The summed E-state index contributed by atoms with van der Waals surface area (Å²) in [4.78, 5) is 12.2. The van der Waals surface area contributed by atoms with Crippen LogP contribution in [0.5, 0.6) is 0 Å². The Morgan fingerprint density at radius 2 is 1.64 bits per heavy atom. The molecule has 126 valence electrons. The molecule has 0 atom stereocenters. The number of rotatable bonds is 7. The molecule has 0 aromatic heterocycles. The van der Waals surface area contributed by atoms with Crippen molar-refractivity contribution in [1.82, 2.24) is 0 Å². The SMILES string of the molecule is CCCC/C(CC)=C(\CB1OC(C)(C)C(C)(C)O1)C(=O)OC. The van der Waals surface area contributed by atoms with E-state index in [0.29, 0.717) is 6.32 Å². The number of hydrogen-bond donors (Lipinski definition) is 0. The van der Waals surface area contributed by atoms with Crippen molar-refractivity contribution in [3.05, 3.63) is 11.1 Å². The Kier molecular flexibility index (Phi) is 6.69. The standard InChI is InChI=1S/C17H31BO4/c1-8-10-11-13(9-2)14(15(19)20-7)12-18-21-16(3,4)17(5,6)22-18/h8-12H2,1-7H3/b14-13+. The maximum Gasteiger partial charge on any atom is 0.462 e. The molecule has 4 nitrogen and oxygen atoms in total. The average Bonchev–Trinajstić information content (AvgIpc) is 2.65. The van der Waals surface area contributed by atoms with Crippen molar-refractivity contribution in [3.63, 3.8) is 0 Å². The largest absolute Gasteiger partial charge is 0.466 e. The third-order valence-electron chi connectivity index (χ3n) is 4.79. The van der Waals surface area contributed by atoms with Crippen LogP contribution in [0.3, 0.4) is 0 Å². The summed E-state index contributed by atoms with van der Waals surface area (Å²) < 4.78 is 17.0. The fourth-order valence-corrected chi connectivity index (χ4v) is 2.64. The molecule has 0 aliphatic carbocycles. The van der Waals surface area contributed by atoms with Crippen molar-refractivity contribution in [3.8, 4) is 0 Å². The quantitative estimate of drug-likeness (QED) is 0.402. The molecule has 1 fully saturated rings. The lowest BCUT2D eigenvalue weighted by Gasteiger charge is -2.32. The van der Waals surface area contributed by atoms with Crippen LogP contribution in [0.25, 0.3) is 0 Å². The van der Waals surface area contributed by atoms with E-state index < -0.39 is 7.12 Å². The van der Waals surface area contributed by atoms with Crippen LogP contribution in [-0.2, 0) is 18.8 Å². The summed E-state index contributed by atoms with van der Waals surface area (Å²) in [6.45, 7) is 12.3. The summed E-state index contributed by atoms with van der Waals surface area (Å²) in [7, 11) is 1.03. The molecule has 1 heterocycles. The van der Waals surface area contributed by atoms with E-state index in [1.807, 2.05) is 27.7 Å². The van der Waals surface area contributed by atoms with Crippen molar-refractivity contribution in [2.45, 2.75) is 84.7 Å². The third kappa shape index (κ3) is 4.36. The summed E-state index contributed by atoms with van der Waals surface area (Å²) in [5.74, 6) is -0.261. The minimum Gasteiger partial charge on any atom is -0.466 e. The first-order chi connectivity index (χ1) is 10.2. The number of methoxy groups -OCH3 is 1. The third-order valence-corrected chi connectivity index (χ3v) is 4.79. The molecule has 1 aliphatic heterocycles. The fourth-order valence-electron chi connectivity index (χ4n) is 2.64. The van der Waals surface area contributed by atoms with Crippen molar-refractivity contribution >= 4 is 13.1 Å². The van der Waals surface area contributed by atoms with E-state index in [-0.39, 0.29) is 17.2 Å². The predicted octanol–water partition coefficient (Wildman–Crippen LogP) is 4.15. The fraction of sp³-hybridized carbons (Fsp3) is 0.824. The molecule has 0 saturated carbocycles. The van der Waals surface area contributed by atoms with Crippen molar-refractivity contribution < 1.29 is 18.8 Å². The average molecular weight is 310 g/mol. The van der Waals surface area contributed by atoms with E-state index in [0.717, 1.165) is 36.8 Å². The van der Waals surface area contributed by atoms with Crippen molar-refractivity contribution in [2.75, 3.05) is 7.11 Å².